The largest absolute Gasteiger partial charge is 0.504 e. The topological polar surface area (TPSA) is 100 Å². The monoisotopic (exact) mass is 374 g/mol. The Kier molecular flexibility index (Phi) is 5.66. The normalized spacial score (nSPS) is 10.4. The van der Waals surface area contributed by atoms with Gasteiger partial charge in [0.1, 0.15) is 11.8 Å². The summed E-state index contributed by atoms with van der Waals surface area (Å²) in [7, 11) is 0. The van der Waals surface area contributed by atoms with Gasteiger partial charge in [0.2, 0.25) is 0 Å². The average molecular weight is 374 g/mol. The number of rotatable bonds is 6. The van der Waals surface area contributed by atoms with Gasteiger partial charge < -0.3 is 9.84 Å². The maximum Gasteiger partial charge on any atom is 0.306 e. The summed E-state index contributed by atoms with van der Waals surface area (Å²) in [6.45, 7) is 1.91. The molecule has 0 amide bonds. The van der Waals surface area contributed by atoms with E-state index < -0.39 is 17.5 Å². The number of ketones is 1. The van der Waals surface area contributed by atoms with Crippen LogP contribution in [0.3, 0.4) is 0 Å². The summed E-state index contributed by atoms with van der Waals surface area (Å²) in [5, 5.41) is 21.6. The van der Waals surface area contributed by atoms with Crippen molar-refractivity contribution in [3.05, 3.63) is 59.8 Å². The highest BCUT2D eigenvalue weighted by molar-refractivity contribution is 5.99. The van der Waals surface area contributed by atoms with E-state index in [1.54, 1.807) is 6.92 Å². The first-order chi connectivity index (χ1) is 13.5. The number of aromatic hydroxyl groups is 1. The molecule has 0 bridgehead atoms. The first-order valence-electron chi connectivity index (χ1n) is 8.85. The van der Waals surface area contributed by atoms with Crippen LogP contribution in [0.2, 0.25) is 0 Å². The van der Waals surface area contributed by atoms with E-state index in [0.29, 0.717) is 5.69 Å². The lowest BCUT2D eigenvalue weighted by atomic mass is 10.0. The van der Waals surface area contributed by atoms with Gasteiger partial charge in [-0.25, -0.2) is 4.98 Å². The summed E-state index contributed by atoms with van der Waals surface area (Å²) < 4.78 is 4.81. The Morgan fingerprint density at radius 2 is 1.86 bits per heavy atom. The van der Waals surface area contributed by atoms with Crippen LogP contribution in [0.1, 0.15) is 35.8 Å². The Balaban J connectivity index is 1.98. The number of carbonyl (C=O) groups is 2. The molecular formula is C22H18N2O4. The standard InChI is InChI=1S/C22H18N2O4/c1-2-28-20(26)10-9-19(25)21-22(27)17(13-23)12-18(24-21)16-8-7-14-5-3-4-6-15(14)11-16/h3-8,11-12,27H,2,9-10H2,1H3. The third-order valence-electron chi connectivity index (χ3n) is 4.28. The summed E-state index contributed by atoms with van der Waals surface area (Å²) in [6.07, 6.45) is -0.276. The van der Waals surface area contributed by atoms with Crippen molar-refractivity contribution in [2.75, 3.05) is 6.61 Å². The second kappa shape index (κ2) is 8.31. The number of carbonyl (C=O) groups excluding carboxylic acids is 2. The molecular weight excluding hydrogens is 356 g/mol. The Hall–Kier alpha value is -3.72. The first kappa shape index (κ1) is 19.1. The van der Waals surface area contributed by atoms with Gasteiger partial charge in [0, 0.05) is 12.0 Å². The molecule has 1 aromatic heterocycles. The maximum atomic E-state index is 12.5. The number of hydrogen-bond acceptors (Lipinski definition) is 6. The zero-order valence-electron chi connectivity index (χ0n) is 15.3. The average Bonchev–Trinajstić information content (AvgIpc) is 2.72. The lowest BCUT2D eigenvalue weighted by Crippen LogP contribution is -2.10. The molecule has 2 aromatic carbocycles. The second-order valence-corrected chi connectivity index (χ2v) is 6.15. The van der Waals surface area contributed by atoms with Crippen LogP contribution >= 0.6 is 0 Å². The van der Waals surface area contributed by atoms with Crippen molar-refractivity contribution >= 4 is 22.5 Å². The lowest BCUT2D eigenvalue weighted by Gasteiger charge is -2.09. The molecule has 0 saturated carbocycles. The predicted octanol–water partition coefficient (Wildman–Crippen LogP) is 4.01. The fourth-order valence-corrected chi connectivity index (χ4v) is 2.88. The van der Waals surface area contributed by atoms with Gasteiger partial charge in [0.15, 0.2) is 11.5 Å². The number of aromatic nitrogens is 1. The van der Waals surface area contributed by atoms with Crippen LogP contribution in [0.4, 0.5) is 0 Å². The molecule has 0 atom stereocenters. The molecule has 0 aliphatic rings. The Morgan fingerprint density at radius 1 is 1.11 bits per heavy atom. The molecule has 140 valence electrons. The summed E-state index contributed by atoms with van der Waals surface area (Å²) >= 11 is 0. The summed E-state index contributed by atoms with van der Waals surface area (Å²) in [6, 6.07) is 16.8. The van der Waals surface area contributed by atoms with E-state index in [4.69, 9.17) is 4.74 Å². The van der Waals surface area contributed by atoms with Crippen molar-refractivity contribution in [2.24, 2.45) is 0 Å². The molecule has 3 aromatic rings. The van der Waals surface area contributed by atoms with Crippen LogP contribution in [0.25, 0.3) is 22.0 Å². The zero-order valence-corrected chi connectivity index (χ0v) is 15.3. The Bertz CT molecular complexity index is 1100. The van der Waals surface area contributed by atoms with Gasteiger partial charge >= 0.3 is 5.97 Å². The van der Waals surface area contributed by atoms with E-state index in [1.807, 2.05) is 48.5 Å². The quantitative estimate of drug-likeness (QED) is 0.517. The molecule has 28 heavy (non-hydrogen) atoms. The minimum atomic E-state index is -0.523. The van der Waals surface area contributed by atoms with E-state index in [2.05, 4.69) is 4.98 Å². The molecule has 0 aliphatic heterocycles. The third kappa shape index (κ3) is 3.99. The highest BCUT2D eigenvalue weighted by Crippen LogP contribution is 2.29. The van der Waals surface area contributed by atoms with Gasteiger partial charge in [-0.2, -0.15) is 5.26 Å². The van der Waals surface area contributed by atoms with Gasteiger partial charge in [0.25, 0.3) is 0 Å². The van der Waals surface area contributed by atoms with E-state index in [-0.39, 0.29) is 30.7 Å². The molecule has 0 unspecified atom stereocenters. The Morgan fingerprint density at radius 3 is 2.57 bits per heavy atom. The maximum absolute atomic E-state index is 12.5. The van der Waals surface area contributed by atoms with Crippen LogP contribution in [0.5, 0.6) is 5.75 Å². The first-order valence-corrected chi connectivity index (χ1v) is 8.85. The van der Waals surface area contributed by atoms with Gasteiger partial charge in [-0.3, -0.25) is 9.59 Å². The number of fused-ring (bicyclic) bond motifs is 1. The molecule has 0 radical (unpaired) electrons. The van der Waals surface area contributed by atoms with Crippen molar-refractivity contribution in [2.45, 2.75) is 19.8 Å². The number of hydrogen-bond donors (Lipinski definition) is 1. The van der Waals surface area contributed by atoms with Crippen molar-refractivity contribution in [3.63, 3.8) is 0 Å². The van der Waals surface area contributed by atoms with E-state index in [1.165, 1.54) is 6.07 Å². The number of pyridine rings is 1. The predicted molar refractivity (Wildman–Crippen MR) is 104 cm³/mol. The van der Waals surface area contributed by atoms with Crippen LogP contribution in [-0.2, 0) is 9.53 Å². The molecule has 6 heteroatoms. The van der Waals surface area contributed by atoms with Gasteiger partial charge in [-0.15, -0.1) is 0 Å². The van der Waals surface area contributed by atoms with Crippen molar-refractivity contribution in [1.29, 1.82) is 5.26 Å². The van der Waals surface area contributed by atoms with Gasteiger partial charge in [-0.05, 0) is 29.8 Å². The highest BCUT2D eigenvalue weighted by atomic mass is 16.5. The molecule has 1 N–H and O–H groups in total. The van der Waals surface area contributed by atoms with Crippen LogP contribution in [0.15, 0.2) is 48.5 Å². The SMILES string of the molecule is CCOC(=O)CCC(=O)c1nc(-c2ccc3ccccc3c2)cc(C#N)c1O. The van der Waals surface area contributed by atoms with Gasteiger partial charge in [0.05, 0.1) is 24.3 Å². The summed E-state index contributed by atoms with van der Waals surface area (Å²) in [5.41, 5.74) is 0.860. The molecule has 3 rings (SSSR count). The summed E-state index contributed by atoms with van der Waals surface area (Å²) in [5.74, 6) is -1.49. The van der Waals surface area contributed by atoms with E-state index in [0.717, 1.165) is 16.3 Å². The van der Waals surface area contributed by atoms with E-state index >= 15 is 0 Å². The molecule has 6 nitrogen and oxygen atoms in total. The number of esters is 1. The van der Waals surface area contributed by atoms with Crippen molar-refractivity contribution < 1.29 is 19.4 Å². The zero-order chi connectivity index (χ0) is 20.1. The Labute approximate surface area is 162 Å². The van der Waals surface area contributed by atoms with Crippen molar-refractivity contribution in [3.8, 4) is 23.1 Å². The number of nitrogens with zero attached hydrogens (tertiary/aromatic N) is 2. The number of Topliss-reactive ketones (excluding diaryl/α,β-unsaturated/α-hetero) is 1. The number of benzene rings is 2. The van der Waals surface area contributed by atoms with Crippen LogP contribution < -0.4 is 0 Å². The molecule has 0 saturated heterocycles. The minimum absolute atomic E-state index is 0.0438. The number of nitriles is 1. The molecule has 1 heterocycles. The smallest absolute Gasteiger partial charge is 0.306 e. The number of ether oxygens (including phenoxy) is 1. The molecule has 0 spiro atoms. The molecule has 0 fully saturated rings. The van der Waals surface area contributed by atoms with Gasteiger partial charge in [-0.1, -0.05) is 36.4 Å². The second-order valence-electron chi connectivity index (χ2n) is 6.15. The fourth-order valence-electron chi connectivity index (χ4n) is 2.88. The van der Waals surface area contributed by atoms with E-state index in [9.17, 15) is 20.0 Å². The van der Waals surface area contributed by atoms with Crippen molar-refractivity contribution in [1.82, 2.24) is 4.98 Å². The minimum Gasteiger partial charge on any atom is -0.504 e. The fraction of sp³-hybridized carbons (Fsp3) is 0.182. The highest BCUT2D eigenvalue weighted by Gasteiger charge is 2.20. The molecule has 0 aliphatic carbocycles. The van der Waals surface area contributed by atoms with Crippen LogP contribution in [-0.4, -0.2) is 28.4 Å². The van der Waals surface area contributed by atoms with Crippen LogP contribution in [0, 0.1) is 11.3 Å². The lowest BCUT2D eigenvalue weighted by molar-refractivity contribution is -0.143. The third-order valence-corrected chi connectivity index (χ3v) is 4.28. The summed E-state index contributed by atoms with van der Waals surface area (Å²) in [4.78, 5) is 28.3.